The van der Waals surface area contributed by atoms with E-state index in [1.807, 2.05) is 30.3 Å². The lowest BCUT2D eigenvalue weighted by molar-refractivity contribution is 0.250. The summed E-state index contributed by atoms with van der Waals surface area (Å²) in [7, 11) is -4.16. The molecule has 0 aromatic heterocycles. The van der Waals surface area contributed by atoms with Crippen LogP contribution in [0.5, 0.6) is 0 Å². The maximum Gasteiger partial charge on any atom is 0.528 e. The van der Waals surface area contributed by atoms with Crippen LogP contribution < -0.4 is 5.19 Å². The number of hydrogen-bond donors (Lipinski definition) is 3. The molecule has 4 heteroatoms. The van der Waals surface area contributed by atoms with Gasteiger partial charge >= 0.3 is 8.80 Å². The second kappa shape index (κ2) is 4.19. The molecule has 16 heavy (non-hydrogen) atoms. The van der Waals surface area contributed by atoms with Crippen molar-refractivity contribution in [1.29, 1.82) is 0 Å². The van der Waals surface area contributed by atoms with E-state index in [-0.39, 0.29) is 5.19 Å². The van der Waals surface area contributed by atoms with Crippen molar-refractivity contribution in [1.82, 2.24) is 0 Å². The van der Waals surface area contributed by atoms with E-state index in [4.69, 9.17) is 14.4 Å². The van der Waals surface area contributed by atoms with Crippen LogP contribution in [0.25, 0.3) is 11.1 Å². The SMILES string of the molecule is O[Si](O)(O)c1ccc(-c2ccccc2)cc1. The average Bonchev–Trinajstić information content (AvgIpc) is 2.29. The van der Waals surface area contributed by atoms with Gasteiger partial charge in [0.05, 0.1) is 0 Å². The summed E-state index contributed by atoms with van der Waals surface area (Å²) in [6.07, 6.45) is 0. The lowest BCUT2D eigenvalue weighted by Gasteiger charge is -2.10. The van der Waals surface area contributed by atoms with E-state index >= 15 is 0 Å². The summed E-state index contributed by atoms with van der Waals surface area (Å²) in [6.45, 7) is 0. The third kappa shape index (κ3) is 2.37. The van der Waals surface area contributed by atoms with Crippen LogP contribution in [0, 0.1) is 0 Å². The van der Waals surface area contributed by atoms with Gasteiger partial charge in [-0.25, -0.2) is 0 Å². The van der Waals surface area contributed by atoms with Crippen LogP contribution in [0.2, 0.25) is 0 Å². The van der Waals surface area contributed by atoms with Gasteiger partial charge < -0.3 is 14.4 Å². The van der Waals surface area contributed by atoms with Crippen LogP contribution in [0.3, 0.4) is 0 Å². The van der Waals surface area contributed by atoms with E-state index in [2.05, 4.69) is 0 Å². The second-order valence-electron chi connectivity index (χ2n) is 3.58. The molecule has 0 atom stereocenters. The van der Waals surface area contributed by atoms with Crippen LogP contribution >= 0.6 is 0 Å². The summed E-state index contributed by atoms with van der Waals surface area (Å²) in [4.78, 5) is 27.3. The van der Waals surface area contributed by atoms with Gasteiger partial charge in [0.25, 0.3) is 0 Å². The molecular formula is C12H12O3Si. The summed E-state index contributed by atoms with van der Waals surface area (Å²) in [5.41, 5.74) is 2.03. The highest BCUT2D eigenvalue weighted by molar-refractivity contribution is 6.71. The maximum atomic E-state index is 9.10. The Balaban J connectivity index is 2.34. The fourth-order valence-electron chi connectivity index (χ4n) is 1.52. The minimum Gasteiger partial charge on any atom is -0.386 e. The normalized spacial score (nSPS) is 11.4. The summed E-state index contributed by atoms with van der Waals surface area (Å²) in [5.74, 6) is 0. The molecule has 0 radical (unpaired) electrons. The van der Waals surface area contributed by atoms with Gasteiger partial charge in [-0.1, -0.05) is 54.6 Å². The first kappa shape index (κ1) is 11.0. The highest BCUT2D eigenvalue weighted by atomic mass is 28.4. The largest absolute Gasteiger partial charge is 0.528 e. The molecule has 0 bridgehead atoms. The van der Waals surface area contributed by atoms with Crippen molar-refractivity contribution in [2.24, 2.45) is 0 Å². The first-order valence-corrected chi connectivity index (χ1v) is 6.74. The van der Waals surface area contributed by atoms with Crippen LogP contribution in [0.15, 0.2) is 54.6 Å². The quantitative estimate of drug-likeness (QED) is 0.660. The zero-order valence-electron chi connectivity index (χ0n) is 8.54. The van der Waals surface area contributed by atoms with Crippen LogP contribution in [-0.4, -0.2) is 23.2 Å². The molecule has 3 N–H and O–H groups in total. The Bertz CT molecular complexity index is 460. The third-order valence-corrected chi connectivity index (χ3v) is 3.49. The van der Waals surface area contributed by atoms with Crippen molar-refractivity contribution in [3.8, 4) is 11.1 Å². The lowest BCUT2D eigenvalue weighted by Crippen LogP contribution is -2.48. The fraction of sp³-hybridized carbons (Fsp3) is 0. The summed E-state index contributed by atoms with van der Waals surface area (Å²) >= 11 is 0. The van der Waals surface area contributed by atoms with Crippen molar-refractivity contribution in [3.05, 3.63) is 54.6 Å². The number of hydrogen-bond acceptors (Lipinski definition) is 3. The van der Waals surface area contributed by atoms with E-state index < -0.39 is 8.80 Å². The first-order chi connectivity index (χ1) is 7.57. The van der Waals surface area contributed by atoms with Crippen LogP contribution in [-0.2, 0) is 0 Å². The summed E-state index contributed by atoms with van der Waals surface area (Å²) < 4.78 is 0. The van der Waals surface area contributed by atoms with E-state index in [9.17, 15) is 0 Å². The third-order valence-electron chi connectivity index (χ3n) is 2.38. The molecule has 0 fully saturated rings. The molecule has 2 rings (SSSR count). The Morgan fingerprint density at radius 3 is 1.62 bits per heavy atom. The van der Waals surface area contributed by atoms with Crippen molar-refractivity contribution in [2.75, 3.05) is 0 Å². The molecule has 0 spiro atoms. The van der Waals surface area contributed by atoms with Crippen LogP contribution in [0.4, 0.5) is 0 Å². The minimum absolute atomic E-state index is 0.187. The van der Waals surface area contributed by atoms with E-state index in [1.54, 1.807) is 12.1 Å². The second-order valence-corrected chi connectivity index (χ2v) is 5.43. The van der Waals surface area contributed by atoms with Gasteiger partial charge in [-0.05, 0) is 11.1 Å². The van der Waals surface area contributed by atoms with E-state index in [0.29, 0.717) is 0 Å². The highest BCUT2D eigenvalue weighted by Gasteiger charge is 2.29. The van der Waals surface area contributed by atoms with E-state index in [1.165, 1.54) is 12.1 Å². The standard InChI is InChI=1S/C12H12O3Si/c13-16(14,15)12-8-6-11(7-9-12)10-4-2-1-3-5-10/h1-9,13-15H. The van der Waals surface area contributed by atoms with Crippen molar-refractivity contribution in [2.45, 2.75) is 0 Å². The zero-order chi connectivity index (χ0) is 11.6. The molecule has 0 aliphatic heterocycles. The monoisotopic (exact) mass is 232 g/mol. The van der Waals surface area contributed by atoms with Crippen molar-refractivity contribution in [3.63, 3.8) is 0 Å². The highest BCUT2D eigenvalue weighted by Crippen LogP contribution is 2.17. The Hall–Kier alpha value is -1.46. The molecule has 0 saturated carbocycles. The molecule has 2 aromatic rings. The van der Waals surface area contributed by atoms with Crippen molar-refractivity contribution >= 4 is 14.0 Å². The van der Waals surface area contributed by atoms with Gasteiger partial charge in [-0.2, -0.15) is 0 Å². The predicted octanol–water partition coefficient (Wildman–Crippen LogP) is 0.476. The molecule has 82 valence electrons. The molecule has 2 aromatic carbocycles. The molecule has 0 heterocycles. The predicted molar refractivity (Wildman–Crippen MR) is 63.9 cm³/mol. The van der Waals surface area contributed by atoms with Gasteiger partial charge in [0.1, 0.15) is 0 Å². The van der Waals surface area contributed by atoms with Gasteiger partial charge in [0.2, 0.25) is 0 Å². The molecule has 0 unspecified atom stereocenters. The van der Waals surface area contributed by atoms with Gasteiger partial charge in [-0.3, -0.25) is 0 Å². The van der Waals surface area contributed by atoms with Gasteiger partial charge in [0, 0.05) is 5.19 Å². The summed E-state index contributed by atoms with van der Waals surface area (Å²) in [6, 6.07) is 16.3. The first-order valence-electron chi connectivity index (χ1n) is 4.90. The number of benzene rings is 2. The topological polar surface area (TPSA) is 60.7 Å². The molecule has 0 amide bonds. The van der Waals surface area contributed by atoms with E-state index in [0.717, 1.165) is 11.1 Å². The Morgan fingerprint density at radius 2 is 1.12 bits per heavy atom. The molecule has 0 saturated heterocycles. The molecular weight excluding hydrogens is 220 g/mol. The maximum absolute atomic E-state index is 9.10. The lowest BCUT2D eigenvalue weighted by atomic mass is 10.1. The van der Waals surface area contributed by atoms with Crippen molar-refractivity contribution < 1.29 is 14.4 Å². The number of rotatable bonds is 2. The molecule has 0 aliphatic carbocycles. The average molecular weight is 232 g/mol. The Morgan fingerprint density at radius 1 is 0.625 bits per heavy atom. The van der Waals surface area contributed by atoms with Gasteiger partial charge in [-0.15, -0.1) is 0 Å². The molecule has 3 nitrogen and oxygen atoms in total. The van der Waals surface area contributed by atoms with Crippen LogP contribution in [0.1, 0.15) is 0 Å². The van der Waals surface area contributed by atoms with Gasteiger partial charge in [0.15, 0.2) is 0 Å². The molecule has 0 aliphatic rings. The minimum atomic E-state index is -4.16. The zero-order valence-corrected chi connectivity index (χ0v) is 9.54. The summed E-state index contributed by atoms with van der Waals surface area (Å²) in [5, 5.41) is 0.187. The Labute approximate surface area is 94.6 Å². The Kier molecular flexibility index (Phi) is 2.89. The fourth-order valence-corrected chi connectivity index (χ4v) is 2.13. The smallest absolute Gasteiger partial charge is 0.386 e.